The second-order valence-electron chi connectivity index (χ2n) is 6.19. The fraction of sp³-hybridized carbons (Fsp3) is 0.368. The largest absolute Gasteiger partial charge is 0.478 e. The minimum atomic E-state index is -4.61. The molecule has 1 unspecified atom stereocenters. The molecule has 1 aromatic carbocycles. The van der Waals surface area contributed by atoms with Gasteiger partial charge in [0.25, 0.3) is 0 Å². The Morgan fingerprint density at radius 3 is 2.36 bits per heavy atom. The number of benzene rings is 1. The molecule has 0 spiro atoms. The van der Waals surface area contributed by atoms with Crippen molar-refractivity contribution in [3.63, 3.8) is 0 Å². The molecular weight excluding hydrogens is 379 g/mol. The summed E-state index contributed by atoms with van der Waals surface area (Å²) in [5, 5.41) is 12.5. The Kier molecular flexibility index (Phi) is 6.50. The molecule has 0 radical (unpaired) electrons. The highest BCUT2D eigenvalue weighted by Gasteiger charge is 2.38. The predicted molar refractivity (Wildman–Crippen MR) is 93.2 cm³/mol. The maximum atomic E-state index is 13.1. The number of hydrogen-bond acceptors (Lipinski definition) is 5. The minimum Gasteiger partial charge on any atom is -0.478 e. The lowest BCUT2D eigenvalue weighted by Gasteiger charge is -2.30. The number of ether oxygens (including phenoxy) is 2. The fourth-order valence-corrected chi connectivity index (χ4v) is 3.07. The summed E-state index contributed by atoms with van der Waals surface area (Å²) >= 11 is 0. The molecule has 0 amide bonds. The molecule has 0 saturated carbocycles. The summed E-state index contributed by atoms with van der Waals surface area (Å²) in [7, 11) is 1.42. The van der Waals surface area contributed by atoms with E-state index in [0.717, 1.165) is 12.1 Å². The van der Waals surface area contributed by atoms with Gasteiger partial charge in [0.2, 0.25) is 0 Å². The van der Waals surface area contributed by atoms with Gasteiger partial charge in [-0.1, -0.05) is 18.2 Å². The van der Waals surface area contributed by atoms with Crippen molar-refractivity contribution in [3.8, 4) is 0 Å². The number of nitrogens with one attached hydrogen (secondary N) is 1. The second-order valence-corrected chi connectivity index (χ2v) is 6.19. The number of aliphatic carboxylic acids is 1. The van der Waals surface area contributed by atoms with E-state index in [4.69, 9.17) is 9.47 Å². The van der Waals surface area contributed by atoms with E-state index in [1.54, 1.807) is 0 Å². The van der Waals surface area contributed by atoms with Gasteiger partial charge < -0.3 is 19.9 Å². The molecule has 1 atom stereocenters. The lowest BCUT2D eigenvalue weighted by atomic mass is 9.80. The minimum absolute atomic E-state index is 0.0334. The van der Waals surface area contributed by atoms with Crippen LogP contribution in [0.2, 0.25) is 0 Å². The smallest absolute Gasteiger partial charge is 0.416 e. The van der Waals surface area contributed by atoms with E-state index in [0.29, 0.717) is 5.70 Å². The number of carboxylic acid groups (broad SMARTS) is 1. The van der Waals surface area contributed by atoms with Gasteiger partial charge in [-0.25, -0.2) is 9.59 Å². The van der Waals surface area contributed by atoms with E-state index in [9.17, 15) is 27.9 Å². The van der Waals surface area contributed by atoms with Crippen LogP contribution in [0.1, 0.15) is 30.9 Å². The van der Waals surface area contributed by atoms with Crippen LogP contribution < -0.4 is 5.32 Å². The summed E-state index contributed by atoms with van der Waals surface area (Å²) in [6.45, 7) is 3.07. The standard InChI is InChI=1S/C19H20F3NO5/c1-10-14(17(24)25)16(12-5-4-6-13(9-12)19(20,21)22)15(11(2)23-10)18(26)28-8-7-27-3/h4-6,9,16,23H,7-8H2,1-3H3,(H,24,25). The maximum absolute atomic E-state index is 13.1. The summed E-state index contributed by atoms with van der Waals surface area (Å²) in [6, 6.07) is 4.27. The van der Waals surface area contributed by atoms with Gasteiger partial charge in [0.05, 0.1) is 29.2 Å². The van der Waals surface area contributed by atoms with Crippen molar-refractivity contribution in [3.05, 3.63) is 57.9 Å². The van der Waals surface area contributed by atoms with E-state index < -0.39 is 29.6 Å². The number of carbonyl (C=O) groups excluding carboxylic acids is 1. The van der Waals surface area contributed by atoms with Crippen LogP contribution in [0, 0.1) is 0 Å². The molecule has 0 saturated heterocycles. The molecule has 152 valence electrons. The van der Waals surface area contributed by atoms with Crippen LogP contribution in [0.3, 0.4) is 0 Å². The number of carboxylic acids is 1. The van der Waals surface area contributed by atoms with Gasteiger partial charge in [-0.3, -0.25) is 0 Å². The molecule has 28 heavy (non-hydrogen) atoms. The highest BCUT2D eigenvalue weighted by Crippen LogP contribution is 2.40. The first kappa shape index (κ1) is 21.5. The summed E-state index contributed by atoms with van der Waals surface area (Å²) < 4.78 is 49.4. The van der Waals surface area contributed by atoms with Gasteiger partial charge in [-0.05, 0) is 25.5 Å². The first-order chi connectivity index (χ1) is 13.1. The van der Waals surface area contributed by atoms with Gasteiger partial charge in [-0.15, -0.1) is 0 Å². The van der Waals surface area contributed by atoms with E-state index in [2.05, 4.69) is 5.32 Å². The maximum Gasteiger partial charge on any atom is 0.416 e. The van der Waals surface area contributed by atoms with Gasteiger partial charge >= 0.3 is 18.1 Å². The summed E-state index contributed by atoms with van der Waals surface area (Å²) in [6.07, 6.45) is -4.61. The Morgan fingerprint density at radius 1 is 1.14 bits per heavy atom. The normalized spacial score (nSPS) is 17.4. The molecule has 6 nitrogen and oxygen atoms in total. The number of dihydropyridines is 1. The number of rotatable bonds is 6. The van der Waals surface area contributed by atoms with E-state index in [1.807, 2.05) is 0 Å². The third kappa shape index (κ3) is 4.53. The van der Waals surface area contributed by atoms with Crippen molar-refractivity contribution in [1.82, 2.24) is 5.32 Å². The fourth-order valence-electron chi connectivity index (χ4n) is 3.07. The van der Waals surface area contributed by atoms with Crippen LogP contribution >= 0.6 is 0 Å². The first-order valence-corrected chi connectivity index (χ1v) is 8.33. The van der Waals surface area contributed by atoms with Crippen LogP contribution in [0.25, 0.3) is 0 Å². The number of carbonyl (C=O) groups is 2. The number of alkyl halides is 3. The SMILES string of the molecule is COCCOC(=O)C1=C(C)NC(C)=C(C(=O)O)C1c1cccc(C(F)(F)F)c1. The average Bonchev–Trinajstić information content (AvgIpc) is 2.60. The molecule has 1 aliphatic rings. The Hall–Kier alpha value is -2.81. The number of methoxy groups -OCH3 is 1. The lowest BCUT2D eigenvalue weighted by Crippen LogP contribution is -2.32. The average molecular weight is 399 g/mol. The van der Waals surface area contributed by atoms with Crippen molar-refractivity contribution >= 4 is 11.9 Å². The van der Waals surface area contributed by atoms with Crippen molar-refractivity contribution in [1.29, 1.82) is 0 Å². The molecule has 1 aromatic rings. The number of hydrogen-bond donors (Lipinski definition) is 2. The zero-order chi connectivity index (χ0) is 21.1. The number of halogens is 3. The van der Waals surface area contributed by atoms with E-state index >= 15 is 0 Å². The van der Waals surface area contributed by atoms with E-state index in [1.165, 1.54) is 33.1 Å². The molecule has 0 aromatic heterocycles. The lowest BCUT2D eigenvalue weighted by molar-refractivity contribution is -0.140. The summed E-state index contributed by atoms with van der Waals surface area (Å²) in [5.74, 6) is -3.38. The molecule has 1 heterocycles. The van der Waals surface area contributed by atoms with Gasteiger partial charge in [0, 0.05) is 18.5 Å². The van der Waals surface area contributed by atoms with Crippen molar-refractivity contribution in [2.75, 3.05) is 20.3 Å². The van der Waals surface area contributed by atoms with Crippen LogP contribution in [0.15, 0.2) is 46.8 Å². The third-order valence-corrected chi connectivity index (χ3v) is 4.28. The highest BCUT2D eigenvalue weighted by atomic mass is 19.4. The zero-order valence-corrected chi connectivity index (χ0v) is 15.5. The quantitative estimate of drug-likeness (QED) is 0.565. The van der Waals surface area contributed by atoms with Gasteiger partial charge in [-0.2, -0.15) is 13.2 Å². The second kappa shape index (κ2) is 8.47. The molecule has 2 N–H and O–H groups in total. The molecular formula is C19H20F3NO5. The molecule has 2 rings (SSSR count). The summed E-state index contributed by atoms with van der Waals surface area (Å²) in [5.41, 5.74) is -0.628. The van der Waals surface area contributed by atoms with Crippen LogP contribution in [0.5, 0.6) is 0 Å². The summed E-state index contributed by atoms with van der Waals surface area (Å²) in [4.78, 5) is 24.5. The Labute approximate surface area is 159 Å². The Bertz CT molecular complexity index is 842. The zero-order valence-electron chi connectivity index (χ0n) is 15.5. The molecule has 0 bridgehead atoms. The topological polar surface area (TPSA) is 84.9 Å². The van der Waals surface area contributed by atoms with Gasteiger partial charge in [0.1, 0.15) is 6.61 Å². The Balaban J connectivity index is 2.59. The van der Waals surface area contributed by atoms with Crippen LogP contribution in [-0.2, 0) is 25.2 Å². The number of allylic oxidation sites excluding steroid dienone is 2. The van der Waals surface area contributed by atoms with Crippen molar-refractivity contribution in [2.45, 2.75) is 25.9 Å². The Morgan fingerprint density at radius 2 is 1.79 bits per heavy atom. The first-order valence-electron chi connectivity index (χ1n) is 8.33. The molecule has 0 aliphatic carbocycles. The number of esters is 1. The van der Waals surface area contributed by atoms with Crippen LogP contribution in [-0.4, -0.2) is 37.4 Å². The monoisotopic (exact) mass is 399 g/mol. The molecule has 9 heteroatoms. The van der Waals surface area contributed by atoms with E-state index in [-0.39, 0.29) is 35.6 Å². The van der Waals surface area contributed by atoms with Crippen molar-refractivity contribution in [2.24, 2.45) is 0 Å². The highest BCUT2D eigenvalue weighted by molar-refractivity contribution is 5.99. The van der Waals surface area contributed by atoms with Crippen LogP contribution in [0.4, 0.5) is 13.2 Å². The molecule has 0 fully saturated rings. The van der Waals surface area contributed by atoms with Crippen molar-refractivity contribution < 1.29 is 37.3 Å². The predicted octanol–water partition coefficient (Wildman–Crippen LogP) is 3.21. The van der Waals surface area contributed by atoms with Gasteiger partial charge in [0.15, 0.2) is 0 Å². The molecule has 1 aliphatic heterocycles. The third-order valence-electron chi connectivity index (χ3n) is 4.28.